The average molecular weight is 248 g/mol. The maximum Gasteiger partial charge on any atom is 0.249 e. The Morgan fingerprint density at radius 1 is 1.50 bits per heavy atom. The lowest BCUT2D eigenvalue weighted by Gasteiger charge is -2.23. The Hall–Kier alpha value is -0.280. The maximum absolute atomic E-state index is 11.9. The minimum Gasteiger partial charge on any atom is -0.365 e. The number of carbonyl (C=O) groups excluding carboxylic acids is 1. The van der Waals surface area contributed by atoms with Gasteiger partial charge in [0.2, 0.25) is 5.91 Å². The zero-order valence-electron chi connectivity index (χ0n) is 10.3. The van der Waals surface area contributed by atoms with Crippen LogP contribution in [0.1, 0.15) is 40.0 Å². The fraction of sp³-hybridized carbons (Fsp3) is 0.917. The van der Waals surface area contributed by atoms with Crippen molar-refractivity contribution in [2.75, 3.05) is 5.88 Å². The number of carbonyl (C=O) groups is 1. The van der Waals surface area contributed by atoms with Gasteiger partial charge in [0, 0.05) is 11.9 Å². The van der Waals surface area contributed by atoms with Crippen LogP contribution in [0.15, 0.2) is 0 Å². The Kier molecular flexibility index (Phi) is 5.56. The van der Waals surface area contributed by atoms with E-state index in [1.165, 1.54) is 0 Å². The number of nitrogens with one attached hydrogen (secondary N) is 1. The highest BCUT2D eigenvalue weighted by atomic mass is 35.5. The molecule has 1 N–H and O–H groups in total. The van der Waals surface area contributed by atoms with Crippen molar-refractivity contribution in [3.63, 3.8) is 0 Å². The molecule has 4 heteroatoms. The van der Waals surface area contributed by atoms with Crippen molar-refractivity contribution in [2.45, 2.75) is 58.3 Å². The molecule has 16 heavy (non-hydrogen) atoms. The Morgan fingerprint density at radius 2 is 2.19 bits per heavy atom. The third-order valence-electron chi connectivity index (χ3n) is 3.08. The van der Waals surface area contributed by atoms with Gasteiger partial charge in [0.25, 0.3) is 0 Å². The zero-order valence-corrected chi connectivity index (χ0v) is 11.1. The fourth-order valence-corrected chi connectivity index (χ4v) is 2.20. The van der Waals surface area contributed by atoms with Gasteiger partial charge in [-0.1, -0.05) is 13.8 Å². The predicted octanol–water partition coefficient (Wildman–Crippen LogP) is 2.32. The quantitative estimate of drug-likeness (QED) is 0.758. The number of ether oxygens (including phenoxy) is 1. The molecule has 0 bridgehead atoms. The van der Waals surface area contributed by atoms with Gasteiger partial charge in [-0.2, -0.15) is 0 Å². The molecule has 1 amide bonds. The van der Waals surface area contributed by atoms with Crippen LogP contribution in [-0.4, -0.2) is 30.0 Å². The largest absolute Gasteiger partial charge is 0.365 e. The third-order valence-corrected chi connectivity index (χ3v) is 3.30. The van der Waals surface area contributed by atoms with Crippen LogP contribution in [0.25, 0.3) is 0 Å². The molecular formula is C12H22ClNO2. The lowest BCUT2D eigenvalue weighted by atomic mass is 10.0. The van der Waals surface area contributed by atoms with Crippen LogP contribution in [0, 0.1) is 5.92 Å². The second-order valence-corrected chi connectivity index (χ2v) is 5.23. The van der Waals surface area contributed by atoms with E-state index in [4.69, 9.17) is 16.3 Å². The van der Waals surface area contributed by atoms with Gasteiger partial charge >= 0.3 is 0 Å². The number of halogens is 1. The molecule has 1 heterocycles. The van der Waals surface area contributed by atoms with E-state index in [2.05, 4.69) is 19.2 Å². The molecular weight excluding hydrogens is 226 g/mol. The van der Waals surface area contributed by atoms with Crippen molar-refractivity contribution in [3.05, 3.63) is 0 Å². The van der Waals surface area contributed by atoms with E-state index in [-0.39, 0.29) is 24.2 Å². The lowest BCUT2D eigenvalue weighted by molar-refractivity contribution is -0.132. The first-order valence-electron chi connectivity index (χ1n) is 6.06. The molecule has 1 aliphatic heterocycles. The van der Waals surface area contributed by atoms with E-state index in [9.17, 15) is 4.79 Å². The highest BCUT2D eigenvalue weighted by Gasteiger charge is 2.29. The molecule has 1 fully saturated rings. The Labute approximate surface area is 103 Å². The first-order valence-corrected chi connectivity index (χ1v) is 6.59. The van der Waals surface area contributed by atoms with Crippen LogP contribution in [0.3, 0.4) is 0 Å². The van der Waals surface area contributed by atoms with Gasteiger partial charge in [0.15, 0.2) is 0 Å². The first-order chi connectivity index (χ1) is 7.54. The lowest BCUT2D eigenvalue weighted by Crippen LogP contribution is -2.44. The van der Waals surface area contributed by atoms with Crippen molar-refractivity contribution in [2.24, 2.45) is 5.92 Å². The van der Waals surface area contributed by atoms with Crippen LogP contribution >= 0.6 is 11.6 Å². The fourth-order valence-electron chi connectivity index (χ4n) is 1.96. The Bertz CT molecular complexity index is 233. The zero-order chi connectivity index (χ0) is 12.1. The van der Waals surface area contributed by atoms with Crippen molar-refractivity contribution < 1.29 is 9.53 Å². The molecule has 0 aromatic heterocycles. The molecule has 94 valence electrons. The van der Waals surface area contributed by atoms with E-state index in [1.807, 2.05) is 6.92 Å². The highest BCUT2D eigenvalue weighted by Crippen LogP contribution is 2.19. The molecule has 1 saturated heterocycles. The number of hydrogen-bond donors (Lipinski definition) is 1. The number of hydrogen-bond acceptors (Lipinski definition) is 2. The van der Waals surface area contributed by atoms with Gasteiger partial charge in [0.05, 0.1) is 6.10 Å². The van der Waals surface area contributed by atoms with E-state index < -0.39 is 0 Å². The van der Waals surface area contributed by atoms with Gasteiger partial charge in [-0.25, -0.2) is 0 Å². The first kappa shape index (κ1) is 13.8. The summed E-state index contributed by atoms with van der Waals surface area (Å²) in [6.07, 6.45) is 2.57. The normalized spacial score (nSPS) is 27.1. The van der Waals surface area contributed by atoms with E-state index >= 15 is 0 Å². The molecule has 1 rings (SSSR count). The molecule has 0 aromatic carbocycles. The molecule has 0 radical (unpaired) electrons. The summed E-state index contributed by atoms with van der Waals surface area (Å²) in [5.41, 5.74) is 0. The van der Waals surface area contributed by atoms with Crippen molar-refractivity contribution in [1.29, 1.82) is 0 Å². The van der Waals surface area contributed by atoms with Crippen molar-refractivity contribution in [3.8, 4) is 0 Å². The van der Waals surface area contributed by atoms with Crippen LogP contribution in [-0.2, 0) is 9.53 Å². The van der Waals surface area contributed by atoms with Gasteiger partial charge in [-0.15, -0.1) is 11.6 Å². The minimum absolute atomic E-state index is 0.0215. The maximum atomic E-state index is 11.9. The molecule has 0 aromatic rings. The van der Waals surface area contributed by atoms with Crippen LogP contribution in [0.4, 0.5) is 0 Å². The van der Waals surface area contributed by atoms with Crippen molar-refractivity contribution in [1.82, 2.24) is 5.32 Å². The standard InChI is InChI=1S/C12H22ClNO2/c1-8(2)10(6-7-13)14-12(15)11-5-4-9(3)16-11/h8-11H,4-7H2,1-3H3,(H,14,15). The summed E-state index contributed by atoms with van der Waals surface area (Å²) in [5.74, 6) is 1.00. The van der Waals surface area contributed by atoms with Crippen LogP contribution < -0.4 is 5.32 Å². The van der Waals surface area contributed by atoms with Gasteiger partial charge in [0.1, 0.15) is 6.10 Å². The number of amides is 1. The third kappa shape index (κ3) is 3.95. The van der Waals surface area contributed by atoms with Gasteiger partial charge in [-0.05, 0) is 32.1 Å². The van der Waals surface area contributed by atoms with E-state index in [0.717, 1.165) is 19.3 Å². The summed E-state index contributed by atoms with van der Waals surface area (Å²) in [7, 11) is 0. The molecule has 1 aliphatic rings. The molecule has 3 nitrogen and oxygen atoms in total. The van der Waals surface area contributed by atoms with Crippen molar-refractivity contribution >= 4 is 17.5 Å². The van der Waals surface area contributed by atoms with Crippen LogP contribution in [0.2, 0.25) is 0 Å². The SMILES string of the molecule is CC1CCC(C(=O)NC(CCCl)C(C)C)O1. The predicted molar refractivity (Wildman–Crippen MR) is 65.7 cm³/mol. The van der Waals surface area contributed by atoms with E-state index in [0.29, 0.717) is 11.8 Å². The number of alkyl halides is 1. The molecule has 0 spiro atoms. The van der Waals surface area contributed by atoms with E-state index in [1.54, 1.807) is 0 Å². The van der Waals surface area contributed by atoms with Crippen LogP contribution in [0.5, 0.6) is 0 Å². The summed E-state index contributed by atoms with van der Waals surface area (Å²) >= 11 is 5.72. The topological polar surface area (TPSA) is 38.3 Å². The molecule has 0 aliphatic carbocycles. The summed E-state index contributed by atoms with van der Waals surface area (Å²) in [5, 5.41) is 3.03. The monoisotopic (exact) mass is 247 g/mol. The summed E-state index contributed by atoms with van der Waals surface area (Å²) in [4.78, 5) is 11.9. The summed E-state index contributed by atoms with van der Waals surface area (Å²) in [6.45, 7) is 6.19. The molecule has 3 unspecified atom stereocenters. The average Bonchev–Trinajstić information content (AvgIpc) is 2.64. The van der Waals surface area contributed by atoms with Gasteiger partial charge < -0.3 is 10.1 Å². The second kappa shape index (κ2) is 6.45. The minimum atomic E-state index is -0.258. The second-order valence-electron chi connectivity index (χ2n) is 4.85. The molecule has 0 saturated carbocycles. The molecule has 3 atom stereocenters. The Balaban J connectivity index is 2.42. The van der Waals surface area contributed by atoms with Gasteiger partial charge in [-0.3, -0.25) is 4.79 Å². The number of rotatable bonds is 5. The Morgan fingerprint density at radius 3 is 2.62 bits per heavy atom. The smallest absolute Gasteiger partial charge is 0.249 e. The summed E-state index contributed by atoms with van der Waals surface area (Å²) in [6, 6.07) is 0.157. The summed E-state index contributed by atoms with van der Waals surface area (Å²) < 4.78 is 5.54. The highest BCUT2D eigenvalue weighted by molar-refractivity contribution is 6.17.